The van der Waals surface area contributed by atoms with E-state index < -0.39 is 11.4 Å². The molecule has 0 radical (unpaired) electrons. The molecule has 7 nitrogen and oxygen atoms in total. The van der Waals surface area contributed by atoms with Crippen LogP contribution in [0.25, 0.3) is 0 Å². The van der Waals surface area contributed by atoms with Crippen molar-refractivity contribution >= 4 is 23.3 Å². The highest BCUT2D eigenvalue weighted by atomic mass is 16.5. The number of piperidine rings is 1. The zero-order valence-corrected chi connectivity index (χ0v) is 18.2. The molecule has 32 heavy (non-hydrogen) atoms. The highest BCUT2D eigenvalue weighted by molar-refractivity contribution is 5.75. The summed E-state index contributed by atoms with van der Waals surface area (Å²) < 4.78 is 5.30. The maximum atomic E-state index is 12.0. The number of aliphatic carboxylic acids is 1. The third-order valence-electron chi connectivity index (χ3n) is 6.16. The first-order valence-electron chi connectivity index (χ1n) is 10.9. The number of carboxylic acid groups (broad SMARTS) is 1. The van der Waals surface area contributed by atoms with Gasteiger partial charge in [-0.2, -0.15) is 0 Å². The van der Waals surface area contributed by atoms with E-state index in [4.69, 9.17) is 4.74 Å². The SMILES string of the molecule is COc1ccc(N(c2cccc(CCC3(C(=O)O)CCNCC3)c2)c2ncccn2)cc1. The second-order valence-electron chi connectivity index (χ2n) is 8.09. The fourth-order valence-corrected chi connectivity index (χ4v) is 4.23. The van der Waals surface area contributed by atoms with Crippen LogP contribution in [0.15, 0.2) is 67.0 Å². The van der Waals surface area contributed by atoms with Crippen molar-refractivity contribution in [2.45, 2.75) is 25.7 Å². The summed E-state index contributed by atoms with van der Waals surface area (Å²) in [5.74, 6) is 0.653. The monoisotopic (exact) mass is 432 g/mol. The minimum atomic E-state index is -0.687. The fraction of sp³-hybridized carbons (Fsp3) is 0.320. The summed E-state index contributed by atoms with van der Waals surface area (Å²) in [6.07, 6.45) is 6.09. The molecule has 0 unspecified atom stereocenters. The van der Waals surface area contributed by atoms with Crippen LogP contribution >= 0.6 is 0 Å². The molecule has 1 saturated heterocycles. The molecule has 2 aromatic carbocycles. The van der Waals surface area contributed by atoms with E-state index in [9.17, 15) is 9.90 Å². The van der Waals surface area contributed by atoms with Gasteiger partial charge in [-0.05, 0) is 86.8 Å². The summed E-state index contributed by atoms with van der Waals surface area (Å²) in [7, 11) is 1.64. The third-order valence-corrected chi connectivity index (χ3v) is 6.16. The number of carbonyl (C=O) groups is 1. The van der Waals surface area contributed by atoms with Crippen molar-refractivity contribution in [3.05, 3.63) is 72.6 Å². The third kappa shape index (κ3) is 4.73. The van der Waals surface area contributed by atoms with E-state index in [1.54, 1.807) is 25.6 Å². The summed E-state index contributed by atoms with van der Waals surface area (Å²) in [5.41, 5.74) is 2.28. The maximum absolute atomic E-state index is 12.0. The van der Waals surface area contributed by atoms with Gasteiger partial charge in [-0.3, -0.25) is 9.69 Å². The lowest BCUT2D eigenvalue weighted by Crippen LogP contribution is -2.42. The number of anilines is 3. The predicted octanol–water partition coefficient (Wildman–Crippen LogP) is 4.34. The van der Waals surface area contributed by atoms with E-state index in [0.29, 0.717) is 31.6 Å². The Labute approximate surface area is 188 Å². The van der Waals surface area contributed by atoms with Crippen molar-refractivity contribution in [2.24, 2.45) is 5.41 Å². The smallest absolute Gasteiger partial charge is 0.309 e. The molecule has 3 aromatic rings. The number of methoxy groups -OCH3 is 1. The van der Waals surface area contributed by atoms with Crippen LogP contribution in [0.5, 0.6) is 5.75 Å². The molecule has 4 rings (SSSR count). The van der Waals surface area contributed by atoms with Crippen LogP contribution in [-0.4, -0.2) is 41.2 Å². The quantitative estimate of drug-likeness (QED) is 0.547. The Balaban J connectivity index is 1.62. The number of aromatic nitrogens is 2. The minimum absolute atomic E-state index is 0.565. The molecule has 0 saturated carbocycles. The van der Waals surface area contributed by atoms with Crippen molar-refractivity contribution in [3.63, 3.8) is 0 Å². The lowest BCUT2D eigenvalue weighted by atomic mass is 9.74. The average Bonchev–Trinajstić information content (AvgIpc) is 2.85. The van der Waals surface area contributed by atoms with Crippen LogP contribution in [0.4, 0.5) is 17.3 Å². The molecule has 0 amide bonds. The van der Waals surface area contributed by atoms with Gasteiger partial charge in [0.1, 0.15) is 5.75 Å². The molecule has 1 fully saturated rings. The van der Waals surface area contributed by atoms with Gasteiger partial charge in [-0.25, -0.2) is 9.97 Å². The Morgan fingerprint density at radius 1 is 1.06 bits per heavy atom. The topological polar surface area (TPSA) is 87.6 Å². The van der Waals surface area contributed by atoms with Crippen molar-refractivity contribution in [3.8, 4) is 5.75 Å². The van der Waals surface area contributed by atoms with E-state index in [-0.39, 0.29) is 0 Å². The largest absolute Gasteiger partial charge is 0.497 e. The first-order chi connectivity index (χ1) is 15.6. The molecule has 1 aliphatic rings. The number of benzene rings is 2. The van der Waals surface area contributed by atoms with Crippen LogP contribution in [0.3, 0.4) is 0 Å². The molecule has 2 heterocycles. The number of rotatable bonds is 8. The van der Waals surface area contributed by atoms with E-state index in [0.717, 1.165) is 35.8 Å². The molecular weight excluding hydrogens is 404 g/mol. The maximum Gasteiger partial charge on any atom is 0.309 e. The molecule has 0 atom stereocenters. The second-order valence-corrected chi connectivity index (χ2v) is 8.09. The summed E-state index contributed by atoms with van der Waals surface area (Å²) in [5, 5.41) is 13.2. The first kappa shape index (κ1) is 21.8. The van der Waals surface area contributed by atoms with Crippen molar-refractivity contribution in [1.82, 2.24) is 15.3 Å². The molecule has 7 heteroatoms. The van der Waals surface area contributed by atoms with Gasteiger partial charge in [0.25, 0.3) is 0 Å². The predicted molar refractivity (Wildman–Crippen MR) is 124 cm³/mol. The number of nitrogens with zero attached hydrogens (tertiary/aromatic N) is 3. The van der Waals surface area contributed by atoms with E-state index in [2.05, 4.69) is 27.4 Å². The first-order valence-corrected chi connectivity index (χ1v) is 10.9. The van der Waals surface area contributed by atoms with Gasteiger partial charge in [0.05, 0.1) is 12.5 Å². The number of hydrogen-bond acceptors (Lipinski definition) is 6. The van der Waals surface area contributed by atoms with Gasteiger partial charge < -0.3 is 15.2 Å². The van der Waals surface area contributed by atoms with Crippen molar-refractivity contribution < 1.29 is 14.6 Å². The number of nitrogens with one attached hydrogen (secondary N) is 1. The molecule has 1 aromatic heterocycles. The molecule has 0 bridgehead atoms. The van der Waals surface area contributed by atoms with Crippen LogP contribution in [0.1, 0.15) is 24.8 Å². The highest BCUT2D eigenvalue weighted by Gasteiger charge is 2.39. The van der Waals surface area contributed by atoms with Crippen LogP contribution in [-0.2, 0) is 11.2 Å². The Bertz CT molecular complexity index is 1030. The Hall–Kier alpha value is -3.45. The Kier molecular flexibility index (Phi) is 6.66. The van der Waals surface area contributed by atoms with Crippen LogP contribution in [0.2, 0.25) is 0 Å². The zero-order chi connectivity index (χ0) is 22.4. The van der Waals surface area contributed by atoms with Crippen molar-refractivity contribution in [2.75, 3.05) is 25.1 Å². The normalized spacial score (nSPS) is 15.2. The Morgan fingerprint density at radius 3 is 2.44 bits per heavy atom. The van der Waals surface area contributed by atoms with Crippen molar-refractivity contribution in [1.29, 1.82) is 0 Å². The number of hydrogen-bond donors (Lipinski definition) is 2. The van der Waals surface area contributed by atoms with Gasteiger partial charge in [0.2, 0.25) is 5.95 Å². The summed E-state index contributed by atoms with van der Waals surface area (Å²) in [6.45, 7) is 1.51. The lowest BCUT2D eigenvalue weighted by molar-refractivity contribution is -0.151. The number of carboxylic acids is 1. The van der Waals surface area contributed by atoms with Gasteiger partial charge >= 0.3 is 5.97 Å². The highest BCUT2D eigenvalue weighted by Crippen LogP contribution is 2.36. The minimum Gasteiger partial charge on any atom is -0.497 e. The fourth-order valence-electron chi connectivity index (χ4n) is 4.23. The molecule has 0 aliphatic carbocycles. The Morgan fingerprint density at radius 2 is 1.78 bits per heavy atom. The molecular formula is C25H28N4O3. The second kappa shape index (κ2) is 9.78. The van der Waals surface area contributed by atoms with Gasteiger partial charge in [-0.1, -0.05) is 12.1 Å². The molecule has 0 spiro atoms. The summed E-state index contributed by atoms with van der Waals surface area (Å²) >= 11 is 0. The summed E-state index contributed by atoms with van der Waals surface area (Å²) in [4.78, 5) is 22.9. The van der Waals surface area contributed by atoms with Gasteiger partial charge in [-0.15, -0.1) is 0 Å². The lowest BCUT2D eigenvalue weighted by Gasteiger charge is -2.33. The van der Waals surface area contributed by atoms with Gasteiger partial charge in [0.15, 0.2) is 0 Å². The molecule has 2 N–H and O–H groups in total. The van der Waals surface area contributed by atoms with E-state index in [1.807, 2.05) is 41.3 Å². The average molecular weight is 433 g/mol. The van der Waals surface area contributed by atoms with Crippen LogP contribution in [0, 0.1) is 5.41 Å². The number of ether oxygens (including phenoxy) is 1. The summed E-state index contributed by atoms with van der Waals surface area (Å²) in [6, 6.07) is 17.7. The zero-order valence-electron chi connectivity index (χ0n) is 18.2. The van der Waals surface area contributed by atoms with E-state index in [1.165, 1.54) is 0 Å². The van der Waals surface area contributed by atoms with Gasteiger partial charge in [0, 0.05) is 23.8 Å². The molecule has 1 aliphatic heterocycles. The standard InChI is InChI=1S/C25H28N4O3/c1-32-22-8-6-20(7-9-22)29(24-27-14-3-15-28-24)21-5-2-4-19(18-21)10-11-25(23(30)31)12-16-26-17-13-25/h2-9,14-15,18,26H,10-13,16-17H2,1H3,(H,30,31). The molecule has 166 valence electrons. The van der Waals surface area contributed by atoms with Crippen LogP contribution < -0.4 is 15.0 Å². The van der Waals surface area contributed by atoms with E-state index >= 15 is 0 Å². The number of aryl methyl sites for hydroxylation is 1.